The topological polar surface area (TPSA) is 105 Å². The first-order valence-corrected chi connectivity index (χ1v) is 10.9. The first-order valence-electron chi connectivity index (χ1n) is 9.46. The molecule has 1 aromatic rings. The molecule has 27 heavy (non-hydrogen) atoms. The van der Waals surface area contributed by atoms with E-state index in [2.05, 4.69) is 21.9 Å². The van der Waals surface area contributed by atoms with Crippen LogP contribution >= 0.6 is 0 Å². The summed E-state index contributed by atoms with van der Waals surface area (Å²) in [6, 6.07) is 3.70. The summed E-state index contributed by atoms with van der Waals surface area (Å²) >= 11 is 0. The number of nitro groups is 1. The fourth-order valence-electron chi connectivity index (χ4n) is 3.29. The zero-order valence-electron chi connectivity index (χ0n) is 16.3. The van der Waals surface area contributed by atoms with Gasteiger partial charge in [0, 0.05) is 25.2 Å². The molecular formula is C18H30N4O4S. The van der Waals surface area contributed by atoms with Crippen LogP contribution < -0.4 is 10.0 Å². The van der Waals surface area contributed by atoms with Gasteiger partial charge >= 0.3 is 0 Å². The Labute approximate surface area is 161 Å². The Morgan fingerprint density at radius 2 is 1.85 bits per heavy atom. The maximum atomic E-state index is 12.3. The Morgan fingerprint density at radius 1 is 1.19 bits per heavy atom. The second kappa shape index (κ2) is 9.48. The highest BCUT2D eigenvalue weighted by Crippen LogP contribution is 2.28. The Morgan fingerprint density at radius 3 is 2.44 bits per heavy atom. The van der Waals surface area contributed by atoms with Crippen molar-refractivity contribution < 1.29 is 13.3 Å². The van der Waals surface area contributed by atoms with Crippen LogP contribution in [-0.4, -0.2) is 50.5 Å². The number of piperidine rings is 1. The molecule has 1 aliphatic rings. The first-order chi connectivity index (χ1) is 12.7. The zero-order valence-corrected chi connectivity index (χ0v) is 17.1. The van der Waals surface area contributed by atoms with Crippen molar-refractivity contribution in [2.24, 2.45) is 5.92 Å². The van der Waals surface area contributed by atoms with E-state index in [1.807, 2.05) is 0 Å². The molecule has 1 aromatic carbocycles. The van der Waals surface area contributed by atoms with E-state index >= 15 is 0 Å². The molecule has 1 atom stereocenters. The minimum Gasteiger partial charge on any atom is -0.379 e. The molecule has 0 aliphatic carbocycles. The van der Waals surface area contributed by atoms with Gasteiger partial charge in [-0.1, -0.05) is 13.3 Å². The summed E-state index contributed by atoms with van der Waals surface area (Å²) in [6.07, 6.45) is 3.74. The average molecular weight is 399 g/mol. The largest absolute Gasteiger partial charge is 0.379 e. The van der Waals surface area contributed by atoms with Crippen molar-refractivity contribution in [2.75, 3.05) is 31.5 Å². The number of nitro benzene ring substituents is 1. The average Bonchev–Trinajstić information content (AvgIpc) is 2.59. The summed E-state index contributed by atoms with van der Waals surface area (Å²) in [5.41, 5.74) is 0.112. The van der Waals surface area contributed by atoms with Gasteiger partial charge in [-0.15, -0.1) is 0 Å². The van der Waals surface area contributed by atoms with Gasteiger partial charge in [-0.05, 0) is 57.8 Å². The fraction of sp³-hybridized carbons (Fsp3) is 0.667. The van der Waals surface area contributed by atoms with E-state index in [0.29, 0.717) is 18.2 Å². The highest BCUT2D eigenvalue weighted by molar-refractivity contribution is 7.89. The lowest BCUT2D eigenvalue weighted by molar-refractivity contribution is -0.384. The number of rotatable bonds is 9. The molecule has 152 valence electrons. The Balaban J connectivity index is 2.06. The summed E-state index contributed by atoms with van der Waals surface area (Å²) in [7, 11) is -3.77. The van der Waals surface area contributed by atoms with Crippen LogP contribution in [0.4, 0.5) is 11.4 Å². The van der Waals surface area contributed by atoms with E-state index in [-0.39, 0.29) is 16.6 Å². The highest BCUT2D eigenvalue weighted by Gasteiger charge is 2.22. The Hall–Kier alpha value is -1.71. The van der Waals surface area contributed by atoms with Crippen LogP contribution in [0.2, 0.25) is 0 Å². The predicted octanol–water partition coefficient (Wildman–Crippen LogP) is 2.82. The molecule has 0 radical (unpaired) electrons. The van der Waals surface area contributed by atoms with Gasteiger partial charge in [-0.3, -0.25) is 10.1 Å². The van der Waals surface area contributed by atoms with Crippen molar-refractivity contribution in [3.63, 3.8) is 0 Å². The van der Waals surface area contributed by atoms with Gasteiger partial charge in [0.1, 0.15) is 5.69 Å². The number of anilines is 1. The maximum absolute atomic E-state index is 12.3. The molecular weight excluding hydrogens is 368 g/mol. The number of likely N-dealkylation sites (tertiary alicyclic amines) is 1. The van der Waals surface area contributed by atoms with Gasteiger partial charge in [-0.25, -0.2) is 13.1 Å². The summed E-state index contributed by atoms with van der Waals surface area (Å²) in [6.45, 7) is 9.27. The molecule has 1 saturated heterocycles. The van der Waals surface area contributed by atoms with Crippen LogP contribution in [-0.2, 0) is 10.0 Å². The molecule has 0 amide bonds. The molecule has 2 N–H and O–H groups in total. The molecule has 0 bridgehead atoms. The number of nitrogens with zero attached hydrogens (tertiary/aromatic N) is 2. The Bertz CT molecular complexity index is 746. The van der Waals surface area contributed by atoms with Crippen LogP contribution in [0.25, 0.3) is 0 Å². The SMILES string of the molecule is CC(C)NS(=O)(=O)c1ccc(NC[C@H](C)CN2CCCCC2)c([N+](=O)[O-])c1. The van der Waals surface area contributed by atoms with Crippen molar-refractivity contribution in [1.29, 1.82) is 0 Å². The summed E-state index contributed by atoms with van der Waals surface area (Å²) in [5, 5.41) is 14.5. The van der Waals surface area contributed by atoms with Crippen molar-refractivity contribution in [3.05, 3.63) is 28.3 Å². The van der Waals surface area contributed by atoms with Crippen LogP contribution in [0.5, 0.6) is 0 Å². The smallest absolute Gasteiger partial charge is 0.293 e. The summed E-state index contributed by atoms with van der Waals surface area (Å²) < 4.78 is 27.0. The lowest BCUT2D eigenvalue weighted by Gasteiger charge is -2.29. The van der Waals surface area contributed by atoms with Crippen LogP contribution in [0.15, 0.2) is 23.1 Å². The summed E-state index contributed by atoms with van der Waals surface area (Å²) in [4.78, 5) is 13.2. The van der Waals surface area contributed by atoms with Crippen molar-refractivity contribution in [2.45, 2.75) is 51.0 Å². The van der Waals surface area contributed by atoms with Crippen LogP contribution in [0.3, 0.4) is 0 Å². The molecule has 9 heteroatoms. The van der Waals surface area contributed by atoms with E-state index in [4.69, 9.17) is 0 Å². The Kier molecular flexibility index (Phi) is 7.58. The van der Waals surface area contributed by atoms with Gasteiger partial charge in [0.05, 0.1) is 9.82 Å². The molecule has 1 fully saturated rings. The number of nitrogens with one attached hydrogen (secondary N) is 2. The molecule has 0 saturated carbocycles. The molecule has 1 heterocycles. The minimum atomic E-state index is -3.77. The molecule has 2 rings (SSSR count). The second-order valence-corrected chi connectivity index (χ2v) is 9.27. The van der Waals surface area contributed by atoms with E-state index in [1.165, 1.54) is 31.4 Å². The third kappa shape index (κ3) is 6.44. The maximum Gasteiger partial charge on any atom is 0.293 e. The van der Waals surface area contributed by atoms with Crippen molar-refractivity contribution >= 4 is 21.4 Å². The van der Waals surface area contributed by atoms with Crippen LogP contribution in [0.1, 0.15) is 40.0 Å². The number of hydrogen-bond acceptors (Lipinski definition) is 6. The normalized spacial score (nSPS) is 17.0. The van der Waals surface area contributed by atoms with Gasteiger partial charge < -0.3 is 10.2 Å². The second-order valence-electron chi connectivity index (χ2n) is 7.56. The zero-order chi connectivity index (χ0) is 20.0. The van der Waals surface area contributed by atoms with Gasteiger partial charge in [0.2, 0.25) is 10.0 Å². The standard InChI is InChI=1S/C18H30N4O4S/c1-14(2)20-27(25,26)16-7-8-17(18(11-16)22(23)24)19-12-15(3)13-21-9-5-4-6-10-21/h7-8,11,14-15,19-20H,4-6,9-10,12-13H2,1-3H3/t15-/m0/s1. The monoisotopic (exact) mass is 398 g/mol. The summed E-state index contributed by atoms with van der Waals surface area (Å²) in [5.74, 6) is 0.328. The number of sulfonamides is 1. The lowest BCUT2D eigenvalue weighted by atomic mass is 10.1. The van der Waals surface area contributed by atoms with Crippen molar-refractivity contribution in [3.8, 4) is 0 Å². The van der Waals surface area contributed by atoms with Gasteiger partial charge in [-0.2, -0.15) is 0 Å². The highest BCUT2D eigenvalue weighted by atomic mass is 32.2. The predicted molar refractivity (Wildman–Crippen MR) is 106 cm³/mol. The van der Waals surface area contributed by atoms with E-state index in [1.54, 1.807) is 13.8 Å². The molecule has 8 nitrogen and oxygen atoms in total. The quantitative estimate of drug-likeness (QED) is 0.490. The third-order valence-corrected chi connectivity index (χ3v) is 6.18. The number of hydrogen-bond donors (Lipinski definition) is 2. The lowest BCUT2D eigenvalue weighted by Crippen LogP contribution is -2.35. The minimum absolute atomic E-state index is 0.102. The van der Waals surface area contributed by atoms with E-state index < -0.39 is 14.9 Å². The van der Waals surface area contributed by atoms with Gasteiger partial charge in [0.25, 0.3) is 5.69 Å². The first kappa shape index (κ1) is 21.6. The van der Waals surface area contributed by atoms with Crippen LogP contribution in [0, 0.1) is 16.0 Å². The molecule has 1 aliphatic heterocycles. The molecule has 0 aromatic heterocycles. The molecule has 0 spiro atoms. The molecule has 0 unspecified atom stereocenters. The van der Waals surface area contributed by atoms with Crippen molar-refractivity contribution in [1.82, 2.24) is 9.62 Å². The fourth-order valence-corrected chi connectivity index (χ4v) is 4.56. The number of benzene rings is 1. The van der Waals surface area contributed by atoms with E-state index in [9.17, 15) is 18.5 Å². The third-order valence-electron chi connectivity index (χ3n) is 4.53. The van der Waals surface area contributed by atoms with Gasteiger partial charge in [0.15, 0.2) is 0 Å². The van der Waals surface area contributed by atoms with E-state index in [0.717, 1.165) is 25.7 Å².